The van der Waals surface area contributed by atoms with Gasteiger partial charge in [0.15, 0.2) is 0 Å². The van der Waals surface area contributed by atoms with E-state index in [-0.39, 0.29) is 12.0 Å². The minimum atomic E-state index is -0.816. The molecule has 0 saturated heterocycles. The molecule has 0 aromatic heterocycles. The number of aryl methyl sites for hydroxylation is 2. The fourth-order valence-corrected chi connectivity index (χ4v) is 3.72. The molecule has 0 heterocycles. The Labute approximate surface area is 176 Å². The van der Waals surface area contributed by atoms with Gasteiger partial charge < -0.3 is 15.5 Å². The third-order valence-corrected chi connectivity index (χ3v) is 5.65. The van der Waals surface area contributed by atoms with Gasteiger partial charge in [-0.2, -0.15) is 0 Å². The van der Waals surface area contributed by atoms with Gasteiger partial charge in [0.05, 0.1) is 6.10 Å². The Bertz CT molecular complexity index is 762. The van der Waals surface area contributed by atoms with Crippen LogP contribution in [0, 0.1) is 0 Å². The van der Waals surface area contributed by atoms with Crippen molar-refractivity contribution in [1.29, 1.82) is 0 Å². The average Bonchev–Trinajstić information content (AvgIpc) is 2.66. The number of aliphatic hydroxyl groups excluding tert-OH is 1. The molecule has 0 radical (unpaired) electrons. The topological polar surface area (TPSA) is 69.6 Å². The highest BCUT2D eigenvalue weighted by Gasteiger charge is 2.20. The van der Waals surface area contributed by atoms with Crippen molar-refractivity contribution in [2.45, 2.75) is 57.6 Å². The third kappa shape index (κ3) is 7.74. The zero-order valence-corrected chi connectivity index (χ0v) is 18.2. The minimum Gasteiger partial charge on any atom is -0.481 e. The summed E-state index contributed by atoms with van der Waals surface area (Å²) >= 11 is 3.50. The normalized spacial score (nSPS) is 12.7. The standard InChI is InChI=1S/C23H30BrNO3/c1-23(2,14-6-9-17-7-4-3-5-8-17)25-16-21(26)19-15-18(10-12-20(19)24)11-13-22(27)28/h3-5,7-8,10,12,15,21,25-26H,6,9,11,13-14,16H2,1-2H3,(H,27,28). The maximum atomic E-state index is 10.8. The number of hydrogen-bond donors (Lipinski definition) is 3. The van der Waals surface area contributed by atoms with Crippen molar-refractivity contribution in [3.8, 4) is 0 Å². The van der Waals surface area contributed by atoms with Gasteiger partial charge in [-0.25, -0.2) is 0 Å². The van der Waals surface area contributed by atoms with Crippen LogP contribution in [0.25, 0.3) is 0 Å². The zero-order chi connectivity index (χ0) is 20.6. The molecule has 3 N–H and O–H groups in total. The van der Waals surface area contributed by atoms with Crippen molar-refractivity contribution in [3.63, 3.8) is 0 Å². The lowest BCUT2D eigenvalue weighted by atomic mass is 9.94. The molecule has 0 spiro atoms. The van der Waals surface area contributed by atoms with Gasteiger partial charge in [-0.15, -0.1) is 0 Å². The second-order valence-corrected chi connectivity index (χ2v) is 8.72. The number of aliphatic hydroxyl groups is 1. The largest absolute Gasteiger partial charge is 0.481 e. The van der Waals surface area contributed by atoms with Crippen molar-refractivity contribution < 1.29 is 15.0 Å². The Morgan fingerprint density at radius 1 is 1.11 bits per heavy atom. The minimum absolute atomic E-state index is 0.0802. The predicted molar refractivity (Wildman–Crippen MR) is 117 cm³/mol. The van der Waals surface area contributed by atoms with Crippen LogP contribution < -0.4 is 5.32 Å². The fourth-order valence-electron chi connectivity index (χ4n) is 3.21. The average molecular weight is 448 g/mol. The Balaban J connectivity index is 1.86. The van der Waals surface area contributed by atoms with Crippen LogP contribution in [0.1, 0.15) is 55.9 Å². The molecule has 1 unspecified atom stereocenters. The first kappa shape index (κ1) is 22.6. The molecule has 0 saturated carbocycles. The molecule has 2 aromatic carbocycles. The first-order valence-corrected chi connectivity index (χ1v) is 10.5. The van der Waals surface area contributed by atoms with E-state index in [2.05, 4.69) is 59.4 Å². The van der Waals surface area contributed by atoms with E-state index in [1.165, 1.54) is 5.56 Å². The molecule has 0 amide bonds. The summed E-state index contributed by atoms with van der Waals surface area (Å²) in [5.74, 6) is -0.816. The SMILES string of the molecule is CC(C)(CCCc1ccccc1)NCC(O)c1cc(CCC(=O)O)ccc1Br. The van der Waals surface area contributed by atoms with Gasteiger partial charge in [0.1, 0.15) is 0 Å². The number of hydrogen-bond acceptors (Lipinski definition) is 3. The molecule has 28 heavy (non-hydrogen) atoms. The lowest BCUT2D eigenvalue weighted by Gasteiger charge is -2.28. The van der Waals surface area contributed by atoms with E-state index in [0.717, 1.165) is 34.9 Å². The van der Waals surface area contributed by atoms with Crippen LogP contribution in [-0.2, 0) is 17.6 Å². The zero-order valence-electron chi connectivity index (χ0n) is 16.6. The first-order valence-electron chi connectivity index (χ1n) is 9.74. The predicted octanol–water partition coefficient (Wildman–Crippen LogP) is 4.89. The Kier molecular flexibility index (Phi) is 8.67. The van der Waals surface area contributed by atoms with E-state index in [0.29, 0.717) is 13.0 Å². The third-order valence-electron chi connectivity index (χ3n) is 4.93. The van der Waals surface area contributed by atoms with Gasteiger partial charge in [0.2, 0.25) is 0 Å². The number of carboxylic acids is 1. The number of carboxylic acid groups (broad SMARTS) is 1. The summed E-state index contributed by atoms with van der Waals surface area (Å²) in [4.78, 5) is 10.8. The lowest BCUT2D eigenvalue weighted by molar-refractivity contribution is -0.136. The summed E-state index contributed by atoms with van der Waals surface area (Å²) in [5, 5.41) is 23.0. The highest BCUT2D eigenvalue weighted by Crippen LogP contribution is 2.26. The van der Waals surface area contributed by atoms with Gasteiger partial charge in [-0.1, -0.05) is 58.4 Å². The number of carbonyl (C=O) groups is 1. The fraction of sp³-hybridized carbons (Fsp3) is 0.435. The Morgan fingerprint density at radius 2 is 1.82 bits per heavy atom. The molecule has 4 nitrogen and oxygen atoms in total. The van der Waals surface area contributed by atoms with Crippen LogP contribution in [0.2, 0.25) is 0 Å². The summed E-state index contributed by atoms with van der Waals surface area (Å²) in [5.41, 5.74) is 2.97. The molecule has 0 aliphatic heterocycles. The van der Waals surface area contributed by atoms with Crippen LogP contribution >= 0.6 is 15.9 Å². The summed E-state index contributed by atoms with van der Waals surface area (Å²) in [6, 6.07) is 16.1. The van der Waals surface area contributed by atoms with Gasteiger partial charge in [-0.3, -0.25) is 4.79 Å². The van der Waals surface area contributed by atoms with Crippen LogP contribution in [0.5, 0.6) is 0 Å². The van der Waals surface area contributed by atoms with Gasteiger partial charge in [-0.05, 0) is 62.3 Å². The van der Waals surface area contributed by atoms with Gasteiger partial charge >= 0.3 is 5.97 Å². The van der Waals surface area contributed by atoms with Crippen molar-refractivity contribution in [3.05, 3.63) is 69.7 Å². The number of benzene rings is 2. The van der Waals surface area contributed by atoms with Crippen molar-refractivity contribution in [2.75, 3.05) is 6.54 Å². The van der Waals surface area contributed by atoms with Crippen molar-refractivity contribution in [1.82, 2.24) is 5.32 Å². The Morgan fingerprint density at radius 3 is 2.50 bits per heavy atom. The van der Waals surface area contributed by atoms with Gasteiger partial charge in [0, 0.05) is 23.0 Å². The molecule has 0 fully saturated rings. The maximum Gasteiger partial charge on any atom is 0.303 e. The van der Waals surface area contributed by atoms with E-state index in [4.69, 9.17) is 5.11 Å². The summed E-state index contributed by atoms with van der Waals surface area (Å²) in [7, 11) is 0. The van der Waals surface area contributed by atoms with Crippen LogP contribution in [0.15, 0.2) is 53.0 Å². The molecule has 5 heteroatoms. The molecule has 1 atom stereocenters. The Hall–Kier alpha value is -1.69. The molecule has 2 rings (SSSR count). The number of nitrogens with one attached hydrogen (secondary N) is 1. The maximum absolute atomic E-state index is 10.8. The first-order chi connectivity index (χ1) is 13.3. The van der Waals surface area contributed by atoms with Gasteiger partial charge in [0.25, 0.3) is 0 Å². The molecule has 2 aromatic rings. The molecular weight excluding hydrogens is 418 g/mol. The number of rotatable bonds is 11. The number of aliphatic carboxylic acids is 1. The smallest absolute Gasteiger partial charge is 0.303 e. The highest BCUT2D eigenvalue weighted by molar-refractivity contribution is 9.10. The second-order valence-electron chi connectivity index (χ2n) is 7.87. The van der Waals surface area contributed by atoms with E-state index < -0.39 is 12.1 Å². The number of β-amino-alcohol motifs (C(OH)–C–C–N with tert-alkyl or cyclic N) is 1. The molecule has 0 aliphatic carbocycles. The highest BCUT2D eigenvalue weighted by atomic mass is 79.9. The summed E-state index contributed by atoms with van der Waals surface area (Å²) < 4.78 is 0.836. The summed E-state index contributed by atoms with van der Waals surface area (Å²) in [6.45, 7) is 4.76. The van der Waals surface area contributed by atoms with Crippen molar-refractivity contribution in [2.24, 2.45) is 0 Å². The van der Waals surface area contributed by atoms with E-state index in [9.17, 15) is 9.90 Å². The lowest BCUT2D eigenvalue weighted by Crippen LogP contribution is -2.41. The van der Waals surface area contributed by atoms with E-state index in [1.54, 1.807) is 0 Å². The molecule has 0 bridgehead atoms. The summed E-state index contributed by atoms with van der Waals surface area (Å²) in [6.07, 6.45) is 3.02. The molecule has 0 aliphatic rings. The van der Waals surface area contributed by atoms with E-state index >= 15 is 0 Å². The van der Waals surface area contributed by atoms with Crippen molar-refractivity contribution >= 4 is 21.9 Å². The van der Waals surface area contributed by atoms with Crippen LogP contribution in [0.3, 0.4) is 0 Å². The van der Waals surface area contributed by atoms with E-state index in [1.807, 2.05) is 24.3 Å². The second kappa shape index (κ2) is 10.7. The van der Waals surface area contributed by atoms with Crippen LogP contribution in [0.4, 0.5) is 0 Å². The molecule has 152 valence electrons. The number of halogens is 1. The monoisotopic (exact) mass is 447 g/mol. The van der Waals surface area contributed by atoms with Crippen LogP contribution in [-0.4, -0.2) is 28.3 Å². The quantitative estimate of drug-likeness (QED) is 0.458. The molecular formula is C23H30BrNO3.